The van der Waals surface area contributed by atoms with Crippen molar-refractivity contribution in [3.05, 3.63) is 34.6 Å². The molecule has 24 heavy (non-hydrogen) atoms. The first-order chi connectivity index (χ1) is 11.3. The molecule has 0 aliphatic rings. The Bertz CT molecular complexity index is 856. The molecule has 6 nitrogen and oxygen atoms in total. The third-order valence-corrected chi connectivity index (χ3v) is 5.24. The molecule has 0 aliphatic carbocycles. The zero-order valence-corrected chi connectivity index (χ0v) is 15.2. The second-order valence-electron chi connectivity index (χ2n) is 5.00. The Morgan fingerprint density at radius 1 is 1.29 bits per heavy atom. The number of hydrogen-bond donors (Lipinski definition) is 1. The molecule has 0 bridgehead atoms. The van der Waals surface area contributed by atoms with Crippen molar-refractivity contribution >= 4 is 50.0 Å². The van der Waals surface area contributed by atoms with Crippen LogP contribution in [-0.2, 0) is 19.6 Å². The van der Waals surface area contributed by atoms with E-state index in [4.69, 9.17) is 27.9 Å². The lowest BCUT2D eigenvalue weighted by atomic mass is 10.2. The van der Waals surface area contributed by atoms with Crippen LogP contribution in [0.25, 0.3) is 10.8 Å². The molecule has 0 spiro atoms. The summed E-state index contributed by atoms with van der Waals surface area (Å²) in [6, 6.07) is 4.29. The first-order valence-electron chi connectivity index (χ1n) is 7.24. The summed E-state index contributed by atoms with van der Waals surface area (Å²) in [7, 11) is -3.89. The molecule has 0 saturated carbocycles. The lowest BCUT2D eigenvalue weighted by molar-refractivity contribution is -0.142. The molecule has 0 radical (unpaired) electrons. The van der Waals surface area contributed by atoms with Crippen LogP contribution in [0, 0.1) is 0 Å². The van der Waals surface area contributed by atoms with Crippen molar-refractivity contribution in [3.63, 3.8) is 0 Å². The number of halogens is 2. The predicted molar refractivity (Wildman–Crippen MR) is 92.8 cm³/mol. The standard InChI is InChI=1S/C15H16Cl2N2O4S/c1-2-3-6-23-14(20)9-19-24(21,22)10-4-5-11-12(7-10)15(17)18-8-13(11)16/h4-5,7-8,19H,2-3,6,9H2,1H3. The number of nitrogens with one attached hydrogen (secondary N) is 1. The van der Waals surface area contributed by atoms with Gasteiger partial charge < -0.3 is 4.74 Å². The smallest absolute Gasteiger partial charge is 0.321 e. The number of ether oxygens (including phenoxy) is 1. The van der Waals surface area contributed by atoms with E-state index in [1.54, 1.807) is 6.07 Å². The first-order valence-corrected chi connectivity index (χ1v) is 9.48. The number of pyridine rings is 1. The number of sulfonamides is 1. The lowest BCUT2D eigenvalue weighted by Gasteiger charge is -2.09. The maximum Gasteiger partial charge on any atom is 0.321 e. The van der Waals surface area contributed by atoms with Crippen LogP contribution in [0.5, 0.6) is 0 Å². The van der Waals surface area contributed by atoms with Crippen LogP contribution in [0.2, 0.25) is 10.2 Å². The molecule has 1 N–H and O–H groups in total. The number of hydrogen-bond acceptors (Lipinski definition) is 5. The van der Waals surface area contributed by atoms with Crippen molar-refractivity contribution in [1.29, 1.82) is 0 Å². The Morgan fingerprint density at radius 3 is 2.75 bits per heavy atom. The minimum absolute atomic E-state index is 0.0395. The summed E-state index contributed by atoms with van der Waals surface area (Å²) in [5, 5.41) is 1.52. The Hall–Kier alpha value is -1.41. The van der Waals surface area contributed by atoms with Crippen LogP contribution in [0.4, 0.5) is 0 Å². The molecule has 0 fully saturated rings. The Morgan fingerprint density at radius 2 is 2.04 bits per heavy atom. The van der Waals surface area contributed by atoms with E-state index in [0.717, 1.165) is 12.8 Å². The minimum Gasteiger partial charge on any atom is -0.465 e. The largest absolute Gasteiger partial charge is 0.465 e. The number of rotatable bonds is 7. The Balaban J connectivity index is 2.16. The molecule has 0 aliphatic heterocycles. The number of benzene rings is 1. The molecule has 1 aromatic carbocycles. The summed E-state index contributed by atoms with van der Waals surface area (Å²) in [4.78, 5) is 15.4. The highest BCUT2D eigenvalue weighted by molar-refractivity contribution is 7.89. The van der Waals surface area contributed by atoms with Crippen LogP contribution < -0.4 is 4.72 Å². The van der Waals surface area contributed by atoms with Gasteiger partial charge in [0.25, 0.3) is 0 Å². The molecule has 1 heterocycles. The van der Waals surface area contributed by atoms with Crippen LogP contribution in [0.3, 0.4) is 0 Å². The summed E-state index contributed by atoms with van der Waals surface area (Å²) < 4.78 is 31.7. The van der Waals surface area contributed by atoms with Gasteiger partial charge in [-0.2, -0.15) is 4.72 Å². The lowest BCUT2D eigenvalue weighted by Crippen LogP contribution is -2.30. The molecular formula is C15H16Cl2N2O4S. The van der Waals surface area contributed by atoms with E-state index in [-0.39, 0.29) is 16.7 Å². The number of aromatic nitrogens is 1. The monoisotopic (exact) mass is 390 g/mol. The minimum atomic E-state index is -3.89. The third-order valence-electron chi connectivity index (χ3n) is 3.24. The van der Waals surface area contributed by atoms with Crippen molar-refractivity contribution in [2.45, 2.75) is 24.7 Å². The summed E-state index contributed by atoms with van der Waals surface area (Å²) in [5.74, 6) is -0.629. The van der Waals surface area contributed by atoms with Crippen LogP contribution in [0.15, 0.2) is 29.3 Å². The Kier molecular flexibility index (Phi) is 6.40. The van der Waals surface area contributed by atoms with Gasteiger partial charge in [0, 0.05) is 17.0 Å². The van der Waals surface area contributed by atoms with Gasteiger partial charge in [-0.1, -0.05) is 42.6 Å². The molecule has 2 aromatic rings. The van der Waals surface area contributed by atoms with Gasteiger partial charge in [-0.3, -0.25) is 4.79 Å². The number of esters is 1. The summed E-state index contributed by atoms with van der Waals surface area (Å²) in [6.45, 7) is 1.79. The number of carbonyl (C=O) groups is 1. The van der Waals surface area contributed by atoms with E-state index < -0.39 is 22.5 Å². The summed E-state index contributed by atoms with van der Waals surface area (Å²) >= 11 is 12.0. The Labute approximate surface area is 150 Å². The van der Waals surface area contributed by atoms with Gasteiger partial charge in [0.05, 0.1) is 16.5 Å². The van der Waals surface area contributed by atoms with Crippen molar-refractivity contribution in [2.24, 2.45) is 0 Å². The van der Waals surface area contributed by atoms with Gasteiger partial charge in [-0.15, -0.1) is 0 Å². The average molecular weight is 391 g/mol. The average Bonchev–Trinajstić information content (AvgIpc) is 2.56. The first kappa shape index (κ1) is 18.9. The quantitative estimate of drug-likeness (QED) is 0.445. The van der Waals surface area contributed by atoms with Gasteiger partial charge in [0.2, 0.25) is 10.0 Å². The van der Waals surface area contributed by atoms with Crippen molar-refractivity contribution < 1.29 is 17.9 Å². The highest BCUT2D eigenvalue weighted by Crippen LogP contribution is 2.29. The molecule has 0 saturated heterocycles. The summed E-state index contributed by atoms with van der Waals surface area (Å²) in [6.07, 6.45) is 3.01. The van der Waals surface area contributed by atoms with E-state index in [1.807, 2.05) is 6.92 Å². The highest BCUT2D eigenvalue weighted by atomic mass is 35.5. The van der Waals surface area contributed by atoms with Gasteiger partial charge in [0.15, 0.2) is 0 Å². The molecule has 0 atom stereocenters. The van der Waals surface area contributed by atoms with E-state index in [9.17, 15) is 13.2 Å². The summed E-state index contributed by atoms with van der Waals surface area (Å²) in [5.41, 5.74) is 0. The van der Waals surface area contributed by atoms with Gasteiger partial charge in [0.1, 0.15) is 11.7 Å². The fourth-order valence-electron chi connectivity index (χ4n) is 1.94. The predicted octanol–water partition coefficient (Wildman–Crippen LogP) is 3.16. The van der Waals surface area contributed by atoms with E-state index in [1.165, 1.54) is 18.3 Å². The SMILES string of the molecule is CCCCOC(=O)CNS(=O)(=O)c1ccc2c(Cl)cnc(Cl)c2c1. The van der Waals surface area contributed by atoms with Crippen LogP contribution in [-0.4, -0.2) is 32.5 Å². The number of fused-ring (bicyclic) bond motifs is 1. The normalized spacial score (nSPS) is 11.6. The second kappa shape index (κ2) is 8.11. The zero-order chi connectivity index (χ0) is 17.7. The fourth-order valence-corrected chi connectivity index (χ4v) is 3.35. The molecule has 9 heteroatoms. The maximum absolute atomic E-state index is 12.3. The number of nitrogens with zero attached hydrogens (tertiary/aromatic N) is 1. The molecule has 2 rings (SSSR count). The fraction of sp³-hybridized carbons (Fsp3) is 0.333. The number of carbonyl (C=O) groups excluding carboxylic acids is 1. The highest BCUT2D eigenvalue weighted by Gasteiger charge is 2.18. The van der Waals surface area contributed by atoms with Crippen molar-refractivity contribution in [3.8, 4) is 0 Å². The molecule has 0 amide bonds. The van der Waals surface area contributed by atoms with Gasteiger partial charge >= 0.3 is 5.97 Å². The maximum atomic E-state index is 12.3. The van der Waals surface area contributed by atoms with Gasteiger partial charge in [-0.25, -0.2) is 13.4 Å². The van der Waals surface area contributed by atoms with Crippen LogP contribution in [0.1, 0.15) is 19.8 Å². The van der Waals surface area contributed by atoms with Crippen molar-refractivity contribution in [2.75, 3.05) is 13.2 Å². The molecule has 130 valence electrons. The van der Waals surface area contributed by atoms with E-state index in [0.29, 0.717) is 15.8 Å². The topological polar surface area (TPSA) is 85.4 Å². The zero-order valence-electron chi connectivity index (χ0n) is 12.9. The second-order valence-corrected chi connectivity index (χ2v) is 7.54. The van der Waals surface area contributed by atoms with Gasteiger partial charge in [-0.05, 0) is 18.6 Å². The van der Waals surface area contributed by atoms with E-state index >= 15 is 0 Å². The molecular weight excluding hydrogens is 375 g/mol. The van der Waals surface area contributed by atoms with Crippen LogP contribution >= 0.6 is 23.2 Å². The van der Waals surface area contributed by atoms with Crippen molar-refractivity contribution in [1.82, 2.24) is 9.71 Å². The molecule has 0 unspecified atom stereocenters. The third kappa shape index (κ3) is 4.57. The van der Waals surface area contributed by atoms with E-state index in [2.05, 4.69) is 9.71 Å². The number of unbranched alkanes of at least 4 members (excludes halogenated alkanes) is 1. The molecule has 1 aromatic heterocycles.